The summed E-state index contributed by atoms with van der Waals surface area (Å²) >= 11 is 6.08. The van der Waals surface area contributed by atoms with E-state index in [1.807, 2.05) is 49.4 Å². The summed E-state index contributed by atoms with van der Waals surface area (Å²) in [6, 6.07) is 14.1. The molecule has 3 heterocycles. The van der Waals surface area contributed by atoms with Gasteiger partial charge >= 0.3 is 0 Å². The number of nitrogens with zero attached hydrogens (tertiary/aromatic N) is 5. The SMILES string of the molecule is CC1(NC(=O)c2cnccn2)N=C(c2ccc(Cl)cc2)C=C1CN1CCN(c2ccc(F)cc2)CC1. The molecule has 1 amide bonds. The van der Waals surface area contributed by atoms with Crippen LogP contribution in [0, 0.1) is 5.82 Å². The zero-order chi connectivity index (χ0) is 25.1. The molecule has 1 atom stereocenters. The first kappa shape index (κ1) is 24.1. The van der Waals surface area contributed by atoms with Crippen molar-refractivity contribution in [3.63, 3.8) is 0 Å². The number of carbonyl (C=O) groups is 1. The Labute approximate surface area is 214 Å². The summed E-state index contributed by atoms with van der Waals surface area (Å²) in [5.74, 6) is -0.566. The molecule has 1 saturated heterocycles. The molecule has 5 rings (SSSR count). The van der Waals surface area contributed by atoms with Gasteiger partial charge in [-0.3, -0.25) is 19.7 Å². The number of piperazine rings is 1. The molecule has 0 aliphatic carbocycles. The van der Waals surface area contributed by atoms with E-state index in [1.54, 1.807) is 0 Å². The number of aromatic nitrogens is 2. The maximum absolute atomic E-state index is 13.3. The van der Waals surface area contributed by atoms with E-state index in [0.29, 0.717) is 11.6 Å². The highest BCUT2D eigenvalue weighted by molar-refractivity contribution is 6.30. The van der Waals surface area contributed by atoms with E-state index >= 15 is 0 Å². The number of carbonyl (C=O) groups excluding carboxylic acids is 1. The molecule has 2 aliphatic heterocycles. The van der Waals surface area contributed by atoms with E-state index in [4.69, 9.17) is 16.6 Å². The van der Waals surface area contributed by atoms with Crippen LogP contribution in [0.15, 0.2) is 83.8 Å². The van der Waals surface area contributed by atoms with Gasteiger partial charge in [-0.15, -0.1) is 0 Å². The van der Waals surface area contributed by atoms with E-state index in [2.05, 4.69) is 25.1 Å². The lowest BCUT2D eigenvalue weighted by Gasteiger charge is -2.38. The Kier molecular flexibility index (Phi) is 6.80. The van der Waals surface area contributed by atoms with Crippen molar-refractivity contribution in [2.45, 2.75) is 12.6 Å². The van der Waals surface area contributed by atoms with Crippen molar-refractivity contribution in [1.29, 1.82) is 0 Å². The second-order valence-corrected chi connectivity index (χ2v) is 9.47. The largest absolute Gasteiger partial charge is 0.369 e. The van der Waals surface area contributed by atoms with Crippen molar-refractivity contribution in [1.82, 2.24) is 20.2 Å². The number of amides is 1. The Morgan fingerprint density at radius 3 is 2.44 bits per heavy atom. The van der Waals surface area contributed by atoms with Gasteiger partial charge in [0.1, 0.15) is 11.5 Å². The van der Waals surface area contributed by atoms with Gasteiger partial charge in [0.15, 0.2) is 5.66 Å². The molecule has 0 bridgehead atoms. The first-order chi connectivity index (χ1) is 17.4. The fourth-order valence-corrected chi connectivity index (χ4v) is 4.61. The maximum atomic E-state index is 13.3. The number of nitrogens with one attached hydrogen (secondary N) is 1. The van der Waals surface area contributed by atoms with Gasteiger partial charge in [0, 0.05) is 55.8 Å². The molecule has 0 spiro atoms. The Hall–Kier alpha value is -3.62. The minimum Gasteiger partial charge on any atom is -0.369 e. The van der Waals surface area contributed by atoms with Crippen molar-refractivity contribution in [3.05, 3.63) is 101 Å². The summed E-state index contributed by atoms with van der Waals surface area (Å²) in [7, 11) is 0. The molecule has 0 saturated carbocycles. The molecule has 9 heteroatoms. The van der Waals surface area contributed by atoms with Gasteiger partial charge in [0.2, 0.25) is 0 Å². The summed E-state index contributed by atoms with van der Waals surface area (Å²) in [4.78, 5) is 30.6. The Balaban J connectivity index is 1.34. The summed E-state index contributed by atoms with van der Waals surface area (Å²) in [5.41, 5.74) is 3.02. The molecule has 7 nitrogen and oxygen atoms in total. The molecular weight excluding hydrogens is 479 g/mol. The van der Waals surface area contributed by atoms with Crippen molar-refractivity contribution >= 4 is 28.9 Å². The Morgan fingerprint density at radius 2 is 1.78 bits per heavy atom. The van der Waals surface area contributed by atoms with Gasteiger partial charge in [-0.2, -0.15) is 0 Å². The third-order valence-electron chi connectivity index (χ3n) is 6.53. The van der Waals surface area contributed by atoms with Crippen LogP contribution in [0.5, 0.6) is 0 Å². The fourth-order valence-electron chi connectivity index (χ4n) is 4.49. The number of rotatable bonds is 6. The second-order valence-electron chi connectivity index (χ2n) is 9.03. The molecule has 2 aliphatic rings. The molecule has 1 aromatic heterocycles. The van der Waals surface area contributed by atoms with Gasteiger partial charge < -0.3 is 10.2 Å². The van der Waals surface area contributed by atoms with Crippen LogP contribution in [0.3, 0.4) is 0 Å². The quantitative estimate of drug-likeness (QED) is 0.550. The summed E-state index contributed by atoms with van der Waals surface area (Å²) in [6.45, 7) is 5.87. The van der Waals surface area contributed by atoms with Gasteiger partial charge in [-0.05, 0) is 60.5 Å². The minimum absolute atomic E-state index is 0.232. The van der Waals surface area contributed by atoms with Crippen LogP contribution in [-0.4, -0.2) is 64.9 Å². The van der Waals surface area contributed by atoms with Crippen molar-refractivity contribution in [2.75, 3.05) is 37.6 Å². The van der Waals surface area contributed by atoms with Crippen molar-refractivity contribution in [3.8, 4) is 0 Å². The monoisotopic (exact) mass is 504 g/mol. The summed E-state index contributed by atoms with van der Waals surface area (Å²) < 4.78 is 13.3. The highest BCUT2D eigenvalue weighted by Crippen LogP contribution is 2.29. The van der Waals surface area contributed by atoms with Gasteiger partial charge in [0.25, 0.3) is 5.91 Å². The number of hydrogen-bond donors (Lipinski definition) is 1. The topological polar surface area (TPSA) is 73.7 Å². The number of allylic oxidation sites excluding steroid dienone is 1. The summed E-state index contributed by atoms with van der Waals surface area (Å²) in [5, 5.41) is 3.72. The predicted octanol–water partition coefficient (Wildman–Crippen LogP) is 3.97. The highest BCUT2D eigenvalue weighted by Gasteiger charge is 2.37. The number of aliphatic imine (C=N–C) groups is 1. The van der Waals surface area contributed by atoms with E-state index in [-0.39, 0.29) is 17.4 Å². The molecular formula is C27H26ClFN6O. The predicted molar refractivity (Wildman–Crippen MR) is 139 cm³/mol. The van der Waals surface area contributed by atoms with E-state index in [9.17, 15) is 9.18 Å². The first-order valence-corrected chi connectivity index (χ1v) is 12.2. The molecule has 3 aromatic rings. The minimum atomic E-state index is -0.933. The van der Waals surface area contributed by atoms with Crippen molar-refractivity contribution in [2.24, 2.45) is 4.99 Å². The zero-order valence-corrected chi connectivity index (χ0v) is 20.6. The van der Waals surface area contributed by atoms with Gasteiger partial charge in [-0.1, -0.05) is 23.7 Å². The Bertz CT molecular complexity index is 1290. The molecule has 184 valence electrons. The van der Waals surface area contributed by atoms with Crippen LogP contribution in [0.2, 0.25) is 5.02 Å². The van der Waals surface area contributed by atoms with Gasteiger partial charge in [0.05, 0.1) is 11.9 Å². The van der Waals surface area contributed by atoms with Crippen LogP contribution in [0.25, 0.3) is 0 Å². The van der Waals surface area contributed by atoms with Crippen LogP contribution in [0.4, 0.5) is 10.1 Å². The van der Waals surface area contributed by atoms with Crippen LogP contribution < -0.4 is 10.2 Å². The smallest absolute Gasteiger partial charge is 0.273 e. The number of anilines is 1. The summed E-state index contributed by atoms with van der Waals surface area (Å²) in [6.07, 6.45) is 6.51. The first-order valence-electron chi connectivity index (χ1n) is 11.8. The van der Waals surface area contributed by atoms with Gasteiger partial charge in [-0.25, -0.2) is 9.37 Å². The highest BCUT2D eigenvalue weighted by atomic mass is 35.5. The van der Waals surface area contributed by atoms with Crippen LogP contribution in [-0.2, 0) is 0 Å². The number of halogens is 2. The lowest BCUT2D eigenvalue weighted by molar-refractivity contribution is 0.0913. The lowest BCUT2D eigenvalue weighted by atomic mass is 10.0. The molecule has 36 heavy (non-hydrogen) atoms. The van der Waals surface area contributed by atoms with E-state index < -0.39 is 5.66 Å². The standard InChI is InChI=1S/C27H26ClFN6O/c1-27(33-26(36)25-17-30-10-11-31-25)20(16-24(32-27)19-2-4-21(28)5-3-19)18-34-12-14-35(15-13-34)23-8-6-22(29)7-9-23/h2-11,16-17H,12-15,18H2,1H3,(H,33,36). The lowest BCUT2D eigenvalue weighted by Crippen LogP contribution is -2.51. The third-order valence-corrected chi connectivity index (χ3v) is 6.78. The van der Waals surface area contributed by atoms with E-state index in [0.717, 1.165) is 48.7 Å². The zero-order valence-electron chi connectivity index (χ0n) is 19.9. The Morgan fingerprint density at radius 1 is 1.06 bits per heavy atom. The average Bonchev–Trinajstić information content (AvgIpc) is 3.21. The molecule has 2 aromatic carbocycles. The third kappa shape index (κ3) is 5.29. The molecule has 1 unspecified atom stereocenters. The second kappa shape index (κ2) is 10.2. The molecule has 1 N–H and O–H groups in total. The van der Waals surface area contributed by atoms with E-state index in [1.165, 1.54) is 30.7 Å². The maximum Gasteiger partial charge on any atom is 0.273 e. The normalized spacial score (nSPS) is 20.1. The number of benzene rings is 2. The average molecular weight is 505 g/mol. The molecule has 1 fully saturated rings. The number of hydrogen-bond acceptors (Lipinski definition) is 6. The van der Waals surface area contributed by atoms with Crippen LogP contribution >= 0.6 is 11.6 Å². The van der Waals surface area contributed by atoms with Crippen molar-refractivity contribution < 1.29 is 9.18 Å². The van der Waals surface area contributed by atoms with Crippen LogP contribution in [0.1, 0.15) is 23.0 Å². The molecule has 0 radical (unpaired) electrons. The fraction of sp³-hybridized carbons (Fsp3) is 0.259.